The standard InChI is InChI=1S/C12H10N4O/c17-11-10-5-2-1-4-9(10)8-15-16(11)12-13-6-3-7-14-12/h1,3-4,6-8H,2,5H2. The zero-order valence-electron chi connectivity index (χ0n) is 9.08. The van der Waals surface area contributed by atoms with Gasteiger partial charge in [0.25, 0.3) is 11.5 Å². The largest absolute Gasteiger partial charge is 0.278 e. The molecule has 0 radical (unpaired) electrons. The number of allylic oxidation sites excluding steroid dienone is 1. The van der Waals surface area contributed by atoms with Gasteiger partial charge in [0.05, 0.1) is 6.20 Å². The van der Waals surface area contributed by atoms with Crippen molar-refractivity contribution < 1.29 is 0 Å². The molecule has 5 heteroatoms. The molecular formula is C12H10N4O. The first-order chi connectivity index (χ1) is 8.36. The van der Waals surface area contributed by atoms with Gasteiger partial charge in [0.15, 0.2) is 0 Å². The average molecular weight is 226 g/mol. The van der Waals surface area contributed by atoms with Crippen LogP contribution in [0.1, 0.15) is 17.5 Å². The highest BCUT2D eigenvalue weighted by Crippen LogP contribution is 2.14. The van der Waals surface area contributed by atoms with Gasteiger partial charge in [0, 0.05) is 23.5 Å². The van der Waals surface area contributed by atoms with Crippen LogP contribution >= 0.6 is 0 Å². The molecule has 0 N–H and O–H groups in total. The lowest BCUT2D eigenvalue weighted by molar-refractivity contribution is 0.729. The van der Waals surface area contributed by atoms with Gasteiger partial charge >= 0.3 is 0 Å². The summed E-state index contributed by atoms with van der Waals surface area (Å²) in [6, 6.07) is 1.70. The van der Waals surface area contributed by atoms with Gasteiger partial charge in [-0.3, -0.25) is 4.79 Å². The maximum absolute atomic E-state index is 12.2. The van der Waals surface area contributed by atoms with Crippen LogP contribution in [0.25, 0.3) is 12.0 Å². The lowest BCUT2D eigenvalue weighted by Crippen LogP contribution is -2.27. The van der Waals surface area contributed by atoms with E-state index in [0.29, 0.717) is 5.95 Å². The third-order valence-electron chi connectivity index (χ3n) is 2.71. The minimum Gasteiger partial charge on any atom is -0.267 e. The Morgan fingerprint density at radius 3 is 2.88 bits per heavy atom. The van der Waals surface area contributed by atoms with Crippen molar-refractivity contribution in [1.82, 2.24) is 19.7 Å². The van der Waals surface area contributed by atoms with Crippen LogP contribution in [0.4, 0.5) is 0 Å². The van der Waals surface area contributed by atoms with Gasteiger partial charge in [-0.25, -0.2) is 9.97 Å². The predicted octanol–water partition coefficient (Wildman–Crippen LogP) is 0.982. The van der Waals surface area contributed by atoms with Crippen LogP contribution in [0.15, 0.2) is 35.5 Å². The van der Waals surface area contributed by atoms with E-state index in [1.165, 1.54) is 4.68 Å². The summed E-state index contributed by atoms with van der Waals surface area (Å²) in [6.07, 6.45) is 10.5. The van der Waals surface area contributed by atoms with Crippen LogP contribution in [0.2, 0.25) is 0 Å². The molecule has 0 saturated heterocycles. The van der Waals surface area contributed by atoms with E-state index in [1.54, 1.807) is 24.7 Å². The zero-order valence-corrected chi connectivity index (χ0v) is 9.08. The zero-order chi connectivity index (χ0) is 11.7. The van der Waals surface area contributed by atoms with E-state index in [9.17, 15) is 4.79 Å². The molecule has 0 bridgehead atoms. The van der Waals surface area contributed by atoms with Crippen molar-refractivity contribution >= 4 is 6.08 Å². The maximum atomic E-state index is 12.2. The molecule has 0 aromatic carbocycles. The molecular weight excluding hydrogens is 216 g/mol. The SMILES string of the molecule is O=c1c2c(cnn1-c1ncccn1)C=CCC2. The second-order valence-corrected chi connectivity index (χ2v) is 3.79. The summed E-state index contributed by atoms with van der Waals surface area (Å²) in [5.74, 6) is 0.315. The normalized spacial score (nSPS) is 13.4. The summed E-state index contributed by atoms with van der Waals surface area (Å²) >= 11 is 0. The first-order valence-electron chi connectivity index (χ1n) is 5.41. The Labute approximate surface area is 97.5 Å². The molecule has 17 heavy (non-hydrogen) atoms. The monoisotopic (exact) mass is 226 g/mol. The maximum Gasteiger partial charge on any atom is 0.278 e. The number of aromatic nitrogens is 4. The highest BCUT2D eigenvalue weighted by atomic mass is 16.1. The third kappa shape index (κ3) is 1.65. The second-order valence-electron chi connectivity index (χ2n) is 3.79. The van der Waals surface area contributed by atoms with E-state index in [0.717, 1.165) is 24.0 Å². The molecule has 2 aromatic rings. The molecule has 5 nitrogen and oxygen atoms in total. The number of fused-ring (bicyclic) bond motifs is 1. The van der Waals surface area contributed by atoms with Crippen molar-refractivity contribution in [3.8, 4) is 5.95 Å². The van der Waals surface area contributed by atoms with Crippen molar-refractivity contribution in [3.05, 3.63) is 52.2 Å². The number of rotatable bonds is 1. The lowest BCUT2D eigenvalue weighted by Gasteiger charge is -2.10. The number of hydrogen-bond donors (Lipinski definition) is 0. The Bertz CT molecular complexity index is 631. The van der Waals surface area contributed by atoms with Gasteiger partial charge in [-0.05, 0) is 18.9 Å². The highest BCUT2D eigenvalue weighted by molar-refractivity contribution is 5.54. The lowest BCUT2D eigenvalue weighted by atomic mass is 10.0. The van der Waals surface area contributed by atoms with Gasteiger partial charge in [-0.2, -0.15) is 9.78 Å². The van der Waals surface area contributed by atoms with E-state index in [2.05, 4.69) is 15.1 Å². The van der Waals surface area contributed by atoms with Crippen LogP contribution in [-0.4, -0.2) is 19.7 Å². The van der Waals surface area contributed by atoms with Crippen molar-refractivity contribution in [2.75, 3.05) is 0 Å². The minimum atomic E-state index is -0.127. The average Bonchev–Trinajstić information content (AvgIpc) is 2.40. The summed E-state index contributed by atoms with van der Waals surface area (Å²) in [7, 11) is 0. The molecule has 0 atom stereocenters. The van der Waals surface area contributed by atoms with Crippen molar-refractivity contribution in [2.45, 2.75) is 12.8 Å². The fourth-order valence-electron chi connectivity index (χ4n) is 1.88. The first-order valence-corrected chi connectivity index (χ1v) is 5.41. The Morgan fingerprint density at radius 2 is 2.06 bits per heavy atom. The van der Waals surface area contributed by atoms with E-state index >= 15 is 0 Å². The minimum absolute atomic E-state index is 0.127. The topological polar surface area (TPSA) is 60.7 Å². The fraction of sp³-hybridized carbons (Fsp3) is 0.167. The van der Waals surface area contributed by atoms with Crippen LogP contribution in [0, 0.1) is 0 Å². The van der Waals surface area contributed by atoms with E-state index in [4.69, 9.17) is 0 Å². The van der Waals surface area contributed by atoms with Gasteiger partial charge in [-0.1, -0.05) is 12.2 Å². The van der Waals surface area contributed by atoms with Crippen LogP contribution in [-0.2, 0) is 6.42 Å². The van der Waals surface area contributed by atoms with Crippen molar-refractivity contribution in [2.24, 2.45) is 0 Å². The molecule has 2 aromatic heterocycles. The first kappa shape index (κ1) is 9.89. The number of hydrogen-bond acceptors (Lipinski definition) is 4. The molecule has 1 aliphatic rings. The molecule has 0 aliphatic heterocycles. The molecule has 2 heterocycles. The van der Waals surface area contributed by atoms with Gasteiger partial charge in [-0.15, -0.1) is 0 Å². The Hall–Kier alpha value is -2.30. The second kappa shape index (κ2) is 3.93. The Morgan fingerprint density at radius 1 is 1.24 bits per heavy atom. The molecule has 3 rings (SSSR count). The molecule has 1 aliphatic carbocycles. The van der Waals surface area contributed by atoms with Gasteiger partial charge in [0.1, 0.15) is 0 Å². The van der Waals surface area contributed by atoms with Gasteiger partial charge < -0.3 is 0 Å². The predicted molar refractivity (Wildman–Crippen MR) is 62.8 cm³/mol. The molecule has 0 amide bonds. The van der Waals surface area contributed by atoms with E-state index < -0.39 is 0 Å². The summed E-state index contributed by atoms with van der Waals surface area (Å²) in [5, 5.41) is 4.09. The van der Waals surface area contributed by atoms with Gasteiger partial charge in [0.2, 0.25) is 0 Å². The fourth-order valence-corrected chi connectivity index (χ4v) is 1.88. The van der Waals surface area contributed by atoms with E-state index in [1.807, 2.05) is 12.2 Å². The number of nitrogens with zero attached hydrogens (tertiary/aromatic N) is 4. The van der Waals surface area contributed by atoms with Crippen LogP contribution in [0.5, 0.6) is 0 Å². The summed E-state index contributed by atoms with van der Waals surface area (Å²) < 4.78 is 1.25. The quantitative estimate of drug-likeness (QED) is 0.727. The summed E-state index contributed by atoms with van der Waals surface area (Å²) in [5.41, 5.74) is 1.56. The smallest absolute Gasteiger partial charge is 0.267 e. The molecule has 0 saturated carbocycles. The molecule has 0 fully saturated rings. The van der Waals surface area contributed by atoms with E-state index in [-0.39, 0.29) is 5.56 Å². The molecule has 0 unspecified atom stereocenters. The third-order valence-corrected chi connectivity index (χ3v) is 2.71. The highest BCUT2D eigenvalue weighted by Gasteiger charge is 2.13. The van der Waals surface area contributed by atoms with Crippen LogP contribution < -0.4 is 5.56 Å². The summed E-state index contributed by atoms with van der Waals surface area (Å²) in [4.78, 5) is 20.3. The van der Waals surface area contributed by atoms with Crippen LogP contribution in [0.3, 0.4) is 0 Å². The Kier molecular flexibility index (Phi) is 2.29. The van der Waals surface area contributed by atoms with Crippen molar-refractivity contribution in [3.63, 3.8) is 0 Å². The molecule has 84 valence electrons. The summed E-state index contributed by atoms with van der Waals surface area (Å²) in [6.45, 7) is 0. The Balaban J connectivity index is 2.21. The van der Waals surface area contributed by atoms with Crippen molar-refractivity contribution in [1.29, 1.82) is 0 Å². The molecule has 0 spiro atoms.